The molecule has 0 saturated carbocycles. The van der Waals surface area contributed by atoms with Gasteiger partial charge in [0.2, 0.25) is 0 Å². The van der Waals surface area contributed by atoms with Gasteiger partial charge in [-0.1, -0.05) is 6.07 Å². The van der Waals surface area contributed by atoms with Gasteiger partial charge in [-0.15, -0.1) is 0 Å². The maximum absolute atomic E-state index is 11.8. The Balaban J connectivity index is 2.69. The number of hydrogen-bond acceptors (Lipinski definition) is 1. The summed E-state index contributed by atoms with van der Waals surface area (Å²) < 4.78 is 13.0. The van der Waals surface area contributed by atoms with E-state index in [0.29, 0.717) is 6.54 Å². The third-order valence-corrected chi connectivity index (χ3v) is 2.76. The number of alkyl halides is 1. The topological polar surface area (TPSA) is 12.0 Å². The summed E-state index contributed by atoms with van der Waals surface area (Å²) in [7, 11) is 0. The molecule has 12 heavy (non-hydrogen) atoms. The van der Waals surface area contributed by atoms with Crippen molar-refractivity contribution in [1.29, 1.82) is 0 Å². The Hall–Kier alpha value is -0.320. The van der Waals surface area contributed by atoms with E-state index in [9.17, 15) is 4.39 Å². The third-order valence-electron chi connectivity index (χ3n) is 1.60. The summed E-state index contributed by atoms with van der Waals surface area (Å²) in [5, 5.41) is 2.98. The minimum absolute atomic E-state index is 0.329. The van der Waals surface area contributed by atoms with E-state index in [-0.39, 0.29) is 6.67 Å². The van der Waals surface area contributed by atoms with E-state index < -0.39 is 0 Å². The summed E-state index contributed by atoms with van der Waals surface area (Å²) in [6.07, 6.45) is 0. The van der Waals surface area contributed by atoms with Crippen molar-refractivity contribution in [2.75, 3.05) is 18.5 Å². The molecule has 0 fully saturated rings. The van der Waals surface area contributed by atoms with Gasteiger partial charge in [-0.05, 0) is 47.2 Å². The van der Waals surface area contributed by atoms with Gasteiger partial charge in [0.15, 0.2) is 0 Å². The highest BCUT2D eigenvalue weighted by atomic mass is 127. The second kappa shape index (κ2) is 4.64. The van der Waals surface area contributed by atoms with Crippen LogP contribution in [0.2, 0.25) is 0 Å². The number of hydrogen-bond donors (Lipinski definition) is 1. The van der Waals surface area contributed by atoms with Crippen LogP contribution in [0, 0.1) is 10.5 Å². The van der Waals surface area contributed by atoms with Crippen LogP contribution in [0.15, 0.2) is 18.2 Å². The van der Waals surface area contributed by atoms with Crippen molar-refractivity contribution in [2.24, 2.45) is 0 Å². The average molecular weight is 279 g/mol. The SMILES string of the molecule is Cc1ccc(NCCF)cc1I. The number of rotatable bonds is 3. The first-order valence-corrected chi connectivity index (χ1v) is 4.88. The fourth-order valence-corrected chi connectivity index (χ4v) is 1.41. The van der Waals surface area contributed by atoms with Gasteiger partial charge in [-0.2, -0.15) is 0 Å². The zero-order valence-electron chi connectivity index (χ0n) is 6.90. The van der Waals surface area contributed by atoms with Crippen molar-refractivity contribution < 1.29 is 4.39 Å². The number of nitrogens with one attached hydrogen (secondary N) is 1. The molecule has 0 amide bonds. The van der Waals surface area contributed by atoms with Crippen LogP contribution in [0.3, 0.4) is 0 Å². The largest absolute Gasteiger partial charge is 0.382 e. The molecule has 1 nitrogen and oxygen atoms in total. The third kappa shape index (κ3) is 2.62. The molecule has 0 atom stereocenters. The Kier molecular flexibility index (Phi) is 3.78. The molecular formula is C9H11FIN. The molecule has 0 aliphatic heterocycles. The highest BCUT2D eigenvalue weighted by Gasteiger charge is 1.95. The molecular weight excluding hydrogens is 268 g/mol. The minimum atomic E-state index is -0.329. The molecule has 0 aliphatic carbocycles. The predicted octanol–water partition coefficient (Wildman–Crippen LogP) is 2.98. The standard InChI is InChI=1S/C9H11FIN/c1-7-2-3-8(6-9(7)11)12-5-4-10/h2-3,6,12H,4-5H2,1H3. The smallest absolute Gasteiger partial charge is 0.107 e. The van der Waals surface area contributed by atoms with E-state index >= 15 is 0 Å². The van der Waals surface area contributed by atoms with E-state index in [1.807, 2.05) is 18.2 Å². The molecule has 1 aromatic rings. The first kappa shape index (κ1) is 9.77. The minimum Gasteiger partial charge on any atom is -0.382 e. The molecule has 0 unspecified atom stereocenters. The summed E-state index contributed by atoms with van der Waals surface area (Å²) in [5.41, 5.74) is 2.24. The summed E-state index contributed by atoms with van der Waals surface area (Å²) in [5.74, 6) is 0. The molecule has 0 bridgehead atoms. The van der Waals surface area contributed by atoms with Crippen molar-refractivity contribution >= 4 is 28.3 Å². The van der Waals surface area contributed by atoms with Crippen LogP contribution in [0.1, 0.15) is 5.56 Å². The predicted molar refractivity (Wildman–Crippen MR) is 58.4 cm³/mol. The Labute approximate surface area is 85.5 Å². The maximum atomic E-state index is 11.8. The normalized spacial score (nSPS) is 9.92. The molecule has 1 aromatic carbocycles. The fourth-order valence-electron chi connectivity index (χ4n) is 0.894. The quantitative estimate of drug-likeness (QED) is 0.839. The molecule has 66 valence electrons. The van der Waals surface area contributed by atoms with Crippen LogP contribution < -0.4 is 5.32 Å². The average Bonchev–Trinajstić information content (AvgIpc) is 2.07. The number of halogens is 2. The van der Waals surface area contributed by atoms with Crippen LogP contribution in [-0.4, -0.2) is 13.2 Å². The molecule has 0 aromatic heterocycles. The highest BCUT2D eigenvalue weighted by molar-refractivity contribution is 14.1. The van der Waals surface area contributed by atoms with E-state index in [2.05, 4.69) is 34.8 Å². The molecule has 0 heterocycles. The molecule has 1 rings (SSSR count). The van der Waals surface area contributed by atoms with Crippen molar-refractivity contribution in [3.8, 4) is 0 Å². The highest BCUT2D eigenvalue weighted by Crippen LogP contribution is 2.16. The van der Waals surface area contributed by atoms with Gasteiger partial charge in [-0.3, -0.25) is 0 Å². The Morgan fingerprint density at radius 2 is 2.25 bits per heavy atom. The van der Waals surface area contributed by atoms with E-state index in [0.717, 1.165) is 5.69 Å². The van der Waals surface area contributed by atoms with Crippen molar-refractivity contribution in [2.45, 2.75) is 6.92 Å². The lowest BCUT2D eigenvalue weighted by Crippen LogP contribution is -2.02. The lowest BCUT2D eigenvalue weighted by molar-refractivity contribution is 0.513. The van der Waals surface area contributed by atoms with E-state index in [4.69, 9.17) is 0 Å². The Bertz CT molecular complexity index is 263. The van der Waals surface area contributed by atoms with Gasteiger partial charge in [0.05, 0.1) is 0 Å². The van der Waals surface area contributed by atoms with Gasteiger partial charge >= 0.3 is 0 Å². The van der Waals surface area contributed by atoms with Gasteiger partial charge < -0.3 is 5.32 Å². The van der Waals surface area contributed by atoms with Crippen LogP contribution in [-0.2, 0) is 0 Å². The zero-order chi connectivity index (χ0) is 8.97. The van der Waals surface area contributed by atoms with Crippen LogP contribution in [0.5, 0.6) is 0 Å². The number of anilines is 1. The summed E-state index contributed by atoms with van der Waals surface area (Å²) in [6, 6.07) is 6.01. The van der Waals surface area contributed by atoms with Crippen LogP contribution >= 0.6 is 22.6 Å². The molecule has 3 heteroatoms. The van der Waals surface area contributed by atoms with Crippen molar-refractivity contribution in [3.05, 3.63) is 27.3 Å². The van der Waals surface area contributed by atoms with E-state index in [1.165, 1.54) is 9.13 Å². The van der Waals surface area contributed by atoms with Gasteiger partial charge in [0.1, 0.15) is 6.67 Å². The van der Waals surface area contributed by atoms with Crippen LogP contribution in [0.25, 0.3) is 0 Å². The zero-order valence-corrected chi connectivity index (χ0v) is 9.06. The first-order chi connectivity index (χ1) is 5.74. The van der Waals surface area contributed by atoms with E-state index in [1.54, 1.807) is 0 Å². The lowest BCUT2D eigenvalue weighted by atomic mass is 10.2. The van der Waals surface area contributed by atoms with Crippen molar-refractivity contribution in [3.63, 3.8) is 0 Å². The van der Waals surface area contributed by atoms with Crippen LogP contribution in [0.4, 0.5) is 10.1 Å². The molecule has 0 radical (unpaired) electrons. The monoisotopic (exact) mass is 279 g/mol. The van der Waals surface area contributed by atoms with Gasteiger partial charge in [0.25, 0.3) is 0 Å². The Morgan fingerprint density at radius 1 is 1.50 bits per heavy atom. The lowest BCUT2D eigenvalue weighted by Gasteiger charge is -2.05. The number of aryl methyl sites for hydroxylation is 1. The second-order valence-electron chi connectivity index (χ2n) is 2.58. The first-order valence-electron chi connectivity index (χ1n) is 3.80. The second-order valence-corrected chi connectivity index (χ2v) is 3.74. The van der Waals surface area contributed by atoms with Crippen molar-refractivity contribution in [1.82, 2.24) is 0 Å². The van der Waals surface area contributed by atoms with Gasteiger partial charge in [-0.25, -0.2) is 4.39 Å². The Morgan fingerprint density at radius 3 is 2.83 bits per heavy atom. The summed E-state index contributed by atoms with van der Waals surface area (Å²) in [6.45, 7) is 2.12. The van der Waals surface area contributed by atoms with Gasteiger partial charge in [0, 0.05) is 15.8 Å². The maximum Gasteiger partial charge on any atom is 0.107 e. The molecule has 0 saturated heterocycles. The summed E-state index contributed by atoms with van der Waals surface area (Å²) in [4.78, 5) is 0. The fraction of sp³-hybridized carbons (Fsp3) is 0.333. The number of benzene rings is 1. The summed E-state index contributed by atoms with van der Waals surface area (Å²) >= 11 is 2.27. The molecule has 0 spiro atoms. The molecule has 0 aliphatic rings. The molecule has 1 N–H and O–H groups in total.